The minimum absolute atomic E-state index is 0.0741. The van der Waals surface area contributed by atoms with Crippen molar-refractivity contribution in [3.63, 3.8) is 0 Å². The molecule has 1 aliphatic rings. The van der Waals surface area contributed by atoms with Crippen molar-refractivity contribution in [1.82, 2.24) is 10.1 Å². The highest BCUT2D eigenvalue weighted by Gasteiger charge is 2.18. The van der Waals surface area contributed by atoms with E-state index in [0.717, 1.165) is 11.1 Å². The number of benzene rings is 3. The monoisotopic (exact) mass is 552 g/mol. The van der Waals surface area contributed by atoms with Gasteiger partial charge in [-0.25, -0.2) is 4.39 Å². The molecule has 3 N–H and O–H groups in total. The van der Waals surface area contributed by atoms with E-state index in [9.17, 15) is 12.8 Å². The largest absolute Gasteiger partial charge is 0.378 e. The summed E-state index contributed by atoms with van der Waals surface area (Å²) in [6.45, 7) is 4.59. The molecule has 3 aromatic carbocycles. The smallest absolute Gasteiger partial charge is 0.294 e. The Morgan fingerprint density at radius 2 is 1.67 bits per heavy atom. The average Bonchev–Trinajstić information content (AvgIpc) is 3.42. The molecule has 0 unspecified atom stereocenters. The SMILES string of the molecule is C[C@H](c1ccc(-c2ccccc2)c(F)c1)c1cc(N=C(N)N2CCOCC2)on1.O=S(=O)(O)c1ccccc1. The lowest BCUT2D eigenvalue weighted by Gasteiger charge is -2.27. The van der Waals surface area contributed by atoms with Crippen LogP contribution in [0, 0.1) is 5.82 Å². The van der Waals surface area contributed by atoms with Gasteiger partial charge in [0.1, 0.15) is 5.82 Å². The van der Waals surface area contributed by atoms with Crippen molar-refractivity contribution in [2.24, 2.45) is 10.7 Å². The lowest BCUT2D eigenvalue weighted by Crippen LogP contribution is -2.44. The molecule has 0 radical (unpaired) electrons. The first-order chi connectivity index (χ1) is 18.7. The highest BCUT2D eigenvalue weighted by Crippen LogP contribution is 2.30. The van der Waals surface area contributed by atoms with Crippen LogP contribution in [-0.2, 0) is 14.9 Å². The van der Waals surface area contributed by atoms with Gasteiger partial charge in [-0.3, -0.25) is 4.55 Å². The number of rotatable bonds is 5. The molecule has 1 saturated heterocycles. The van der Waals surface area contributed by atoms with Gasteiger partial charge in [-0.15, -0.1) is 0 Å². The molecule has 204 valence electrons. The van der Waals surface area contributed by atoms with Gasteiger partial charge in [-0.05, 0) is 29.3 Å². The average molecular weight is 553 g/mol. The number of nitrogens with two attached hydrogens (primary N) is 1. The quantitative estimate of drug-likeness (QED) is 0.204. The van der Waals surface area contributed by atoms with Crippen molar-refractivity contribution in [3.8, 4) is 11.1 Å². The molecule has 4 aromatic rings. The molecule has 0 spiro atoms. The molecule has 5 rings (SSSR count). The first-order valence-corrected chi connectivity index (χ1v) is 13.7. The summed E-state index contributed by atoms with van der Waals surface area (Å²) in [6, 6.07) is 23.9. The highest BCUT2D eigenvalue weighted by molar-refractivity contribution is 7.85. The molecular weight excluding hydrogens is 523 g/mol. The van der Waals surface area contributed by atoms with E-state index in [0.29, 0.717) is 49.4 Å². The number of aliphatic imine (C=N–C) groups is 1. The highest BCUT2D eigenvalue weighted by atomic mass is 32.2. The molecule has 0 saturated carbocycles. The van der Waals surface area contributed by atoms with Crippen LogP contribution in [0.5, 0.6) is 0 Å². The van der Waals surface area contributed by atoms with Crippen LogP contribution in [0.1, 0.15) is 24.1 Å². The Kier molecular flexibility index (Phi) is 9.07. The number of hydrogen-bond acceptors (Lipinski definition) is 6. The topological polar surface area (TPSA) is 131 Å². The Hall–Kier alpha value is -4.06. The third kappa shape index (κ3) is 7.50. The zero-order valence-electron chi connectivity index (χ0n) is 21.3. The van der Waals surface area contributed by atoms with Gasteiger partial charge in [-0.2, -0.15) is 13.4 Å². The van der Waals surface area contributed by atoms with Crippen LogP contribution >= 0.6 is 0 Å². The second kappa shape index (κ2) is 12.7. The van der Waals surface area contributed by atoms with Crippen LogP contribution < -0.4 is 5.73 Å². The summed E-state index contributed by atoms with van der Waals surface area (Å²) in [5, 5.41) is 4.10. The van der Waals surface area contributed by atoms with Gasteiger partial charge < -0.3 is 19.9 Å². The van der Waals surface area contributed by atoms with Crippen LogP contribution in [0.25, 0.3) is 11.1 Å². The predicted octanol–water partition coefficient (Wildman–Crippen LogP) is 4.84. The minimum Gasteiger partial charge on any atom is -0.378 e. The van der Waals surface area contributed by atoms with E-state index < -0.39 is 10.1 Å². The summed E-state index contributed by atoms with van der Waals surface area (Å²) in [6.07, 6.45) is 0. The lowest BCUT2D eigenvalue weighted by molar-refractivity contribution is 0.0675. The van der Waals surface area contributed by atoms with Gasteiger partial charge in [0.05, 0.1) is 23.8 Å². The van der Waals surface area contributed by atoms with E-state index in [1.807, 2.05) is 48.2 Å². The molecule has 2 heterocycles. The standard InChI is InChI=1S/C22H23FN4O2.C6H6O3S/c1-15(17-7-8-18(19(23)13-17)16-5-3-2-4-6-16)20-14-21(29-26-20)25-22(24)27-9-11-28-12-10-27;7-10(8,9)6-4-2-1-3-5-6/h2-8,13-15H,9-12H2,1H3,(H2,24,25);1-5H,(H,7,8,9)/t15-;/m1./s1. The molecule has 1 atom stereocenters. The molecule has 39 heavy (non-hydrogen) atoms. The number of guanidine groups is 1. The van der Waals surface area contributed by atoms with Crippen molar-refractivity contribution in [2.45, 2.75) is 17.7 Å². The number of ether oxygens (including phenoxy) is 1. The van der Waals surface area contributed by atoms with Gasteiger partial charge in [0, 0.05) is 30.6 Å². The maximum atomic E-state index is 14.7. The summed E-state index contributed by atoms with van der Waals surface area (Å²) in [4.78, 5) is 6.18. The van der Waals surface area contributed by atoms with Crippen molar-refractivity contribution in [2.75, 3.05) is 26.3 Å². The summed E-state index contributed by atoms with van der Waals surface area (Å²) in [7, 11) is -4.00. The second-order valence-corrected chi connectivity index (χ2v) is 10.2. The lowest BCUT2D eigenvalue weighted by atomic mass is 9.95. The van der Waals surface area contributed by atoms with Crippen molar-refractivity contribution < 1.29 is 26.6 Å². The number of morpholine rings is 1. The molecule has 1 fully saturated rings. The van der Waals surface area contributed by atoms with E-state index >= 15 is 0 Å². The zero-order valence-corrected chi connectivity index (χ0v) is 22.1. The normalized spacial score (nSPS) is 14.8. The predicted molar refractivity (Wildman–Crippen MR) is 146 cm³/mol. The molecule has 9 nitrogen and oxygen atoms in total. The third-order valence-electron chi connectivity index (χ3n) is 6.14. The molecule has 1 aromatic heterocycles. The van der Waals surface area contributed by atoms with Crippen LogP contribution in [0.4, 0.5) is 10.3 Å². The van der Waals surface area contributed by atoms with E-state index in [2.05, 4.69) is 10.1 Å². The van der Waals surface area contributed by atoms with Crippen LogP contribution in [-0.4, -0.2) is 55.3 Å². The number of hydrogen-bond donors (Lipinski definition) is 2. The summed E-state index contributed by atoms with van der Waals surface area (Å²) < 4.78 is 54.6. The van der Waals surface area contributed by atoms with Gasteiger partial charge in [-0.1, -0.05) is 72.7 Å². The Morgan fingerprint density at radius 3 is 2.26 bits per heavy atom. The second-order valence-electron chi connectivity index (χ2n) is 8.77. The fraction of sp³-hybridized carbons (Fsp3) is 0.214. The molecule has 11 heteroatoms. The van der Waals surface area contributed by atoms with Gasteiger partial charge in [0.15, 0.2) is 5.96 Å². The molecule has 0 amide bonds. The molecular formula is C28H29FN4O5S. The summed E-state index contributed by atoms with van der Waals surface area (Å²) >= 11 is 0. The first-order valence-electron chi connectivity index (χ1n) is 12.2. The zero-order chi connectivity index (χ0) is 27.8. The number of aromatic nitrogens is 1. The van der Waals surface area contributed by atoms with Crippen molar-refractivity contribution >= 4 is 22.0 Å². The van der Waals surface area contributed by atoms with Crippen LogP contribution in [0.2, 0.25) is 0 Å². The van der Waals surface area contributed by atoms with Gasteiger partial charge in [0.25, 0.3) is 16.0 Å². The van der Waals surface area contributed by atoms with Crippen molar-refractivity contribution in [1.29, 1.82) is 0 Å². The van der Waals surface area contributed by atoms with E-state index in [4.69, 9.17) is 19.5 Å². The summed E-state index contributed by atoms with van der Waals surface area (Å²) in [5.74, 6) is 0.296. The molecule has 0 aliphatic carbocycles. The van der Waals surface area contributed by atoms with Crippen LogP contribution in [0.15, 0.2) is 99.3 Å². The molecule has 0 bridgehead atoms. The molecule has 1 aliphatic heterocycles. The van der Waals surface area contributed by atoms with E-state index in [1.165, 1.54) is 12.1 Å². The van der Waals surface area contributed by atoms with Gasteiger partial charge >= 0.3 is 0 Å². The Bertz CT molecular complexity index is 1510. The first kappa shape index (κ1) is 28.0. The van der Waals surface area contributed by atoms with Crippen LogP contribution in [0.3, 0.4) is 0 Å². The maximum Gasteiger partial charge on any atom is 0.294 e. The minimum atomic E-state index is -4.00. The Morgan fingerprint density at radius 1 is 1.03 bits per heavy atom. The maximum absolute atomic E-state index is 14.7. The fourth-order valence-electron chi connectivity index (χ4n) is 3.93. The summed E-state index contributed by atoms with van der Waals surface area (Å²) in [5.41, 5.74) is 8.96. The van der Waals surface area contributed by atoms with Crippen molar-refractivity contribution in [3.05, 3.63) is 102 Å². The number of halogens is 1. The third-order valence-corrected chi connectivity index (χ3v) is 7.01. The Balaban J connectivity index is 0.000000298. The Labute approximate surface area is 226 Å². The van der Waals surface area contributed by atoms with E-state index in [1.54, 1.807) is 36.4 Å². The van der Waals surface area contributed by atoms with Gasteiger partial charge in [0.2, 0.25) is 0 Å². The fourth-order valence-corrected chi connectivity index (χ4v) is 4.43. The number of nitrogens with zero attached hydrogens (tertiary/aromatic N) is 3. The van der Waals surface area contributed by atoms with E-state index in [-0.39, 0.29) is 16.6 Å².